The number of carboxylic acid groups (broad SMARTS) is 2. The molecule has 1 heterocycles. The summed E-state index contributed by atoms with van der Waals surface area (Å²) in [5.41, 5.74) is 7.61. The van der Waals surface area contributed by atoms with Crippen LogP contribution in [0.3, 0.4) is 0 Å². The maximum atomic E-state index is 13.4. The number of aliphatic carboxylic acids is 2. The molecule has 0 aliphatic carbocycles. The topological polar surface area (TPSA) is 204 Å². The number of aromatic amines is 1. The van der Waals surface area contributed by atoms with Crippen molar-refractivity contribution in [2.24, 2.45) is 11.7 Å². The van der Waals surface area contributed by atoms with Crippen molar-refractivity contribution in [3.05, 3.63) is 36.0 Å². The van der Waals surface area contributed by atoms with Crippen LogP contribution in [0.2, 0.25) is 0 Å². The van der Waals surface area contributed by atoms with E-state index in [4.69, 9.17) is 5.73 Å². The number of hydrogen-bond donors (Lipinski definition) is 7. The molecule has 1 aromatic heterocycles. The minimum Gasteiger partial charge on any atom is -0.481 e. The Labute approximate surface area is 230 Å². The Morgan fingerprint density at radius 2 is 1.59 bits per heavy atom. The fourth-order valence-electron chi connectivity index (χ4n) is 3.93. The Morgan fingerprint density at radius 1 is 0.974 bits per heavy atom. The van der Waals surface area contributed by atoms with Gasteiger partial charge >= 0.3 is 11.9 Å². The molecule has 2 aromatic rings. The summed E-state index contributed by atoms with van der Waals surface area (Å²) in [5, 5.41) is 27.0. The molecule has 12 nitrogen and oxygen atoms in total. The highest BCUT2D eigenvalue weighted by Crippen LogP contribution is 2.19. The summed E-state index contributed by atoms with van der Waals surface area (Å²) in [6.07, 6.45) is 3.48. The van der Waals surface area contributed by atoms with Crippen LogP contribution in [-0.4, -0.2) is 81.0 Å². The van der Waals surface area contributed by atoms with Crippen LogP contribution >= 0.6 is 11.8 Å². The van der Waals surface area contributed by atoms with Gasteiger partial charge in [0, 0.05) is 23.5 Å². The van der Waals surface area contributed by atoms with Crippen LogP contribution in [0.5, 0.6) is 0 Å². The normalized spacial score (nSPS) is 15.0. The summed E-state index contributed by atoms with van der Waals surface area (Å²) in [4.78, 5) is 65.4. The van der Waals surface area contributed by atoms with Crippen LogP contribution in [0.25, 0.3) is 10.9 Å². The standard InChI is InChI=1S/C26H37N5O7S/c1-4-14(2)22(27)25(36)31-19(11-15-13-28-17-8-6-5-7-16(15)17)23(34)30-20(12-21(32)33)24(35)29-18(26(37)38)9-10-39-3/h5-8,13-14,18-20,22,28H,4,9-12,27H2,1-3H3,(H,29,35)(H,30,34)(H,31,36)(H,32,33)(H,37,38). The van der Waals surface area contributed by atoms with Crippen LogP contribution < -0.4 is 21.7 Å². The number of nitrogens with two attached hydrogens (primary N) is 1. The number of H-pyrrole nitrogens is 1. The molecule has 0 aliphatic rings. The van der Waals surface area contributed by atoms with Crippen molar-refractivity contribution in [2.45, 2.75) is 63.7 Å². The van der Waals surface area contributed by atoms with Crippen LogP contribution in [0.15, 0.2) is 30.5 Å². The van der Waals surface area contributed by atoms with Crippen LogP contribution in [0.1, 0.15) is 38.7 Å². The van der Waals surface area contributed by atoms with Crippen molar-refractivity contribution >= 4 is 52.3 Å². The molecule has 8 N–H and O–H groups in total. The molecule has 0 aliphatic heterocycles. The number of nitrogens with one attached hydrogen (secondary N) is 4. The number of carbonyl (C=O) groups excluding carboxylic acids is 3. The van der Waals surface area contributed by atoms with Gasteiger partial charge in [0.25, 0.3) is 0 Å². The summed E-state index contributed by atoms with van der Waals surface area (Å²) < 4.78 is 0. The Hall–Kier alpha value is -3.58. The molecule has 0 saturated carbocycles. The second-order valence-corrected chi connectivity index (χ2v) is 10.4. The summed E-state index contributed by atoms with van der Waals surface area (Å²) >= 11 is 1.39. The van der Waals surface area contributed by atoms with Gasteiger partial charge < -0.3 is 36.9 Å². The molecular weight excluding hydrogens is 526 g/mol. The van der Waals surface area contributed by atoms with E-state index >= 15 is 0 Å². The molecule has 39 heavy (non-hydrogen) atoms. The largest absolute Gasteiger partial charge is 0.481 e. The number of fused-ring (bicyclic) bond motifs is 1. The third-order valence-electron chi connectivity index (χ3n) is 6.53. The van der Waals surface area contributed by atoms with Gasteiger partial charge in [-0.2, -0.15) is 11.8 Å². The molecule has 5 unspecified atom stereocenters. The molecule has 0 spiro atoms. The minimum atomic E-state index is -1.57. The zero-order chi connectivity index (χ0) is 29.1. The SMILES string of the molecule is CCC(C)C(N)C(=O)NC(Cc1c[nH]c2ccccc12)C(=O)NC(CC(=O)O)C(=O)NC(CCSC)C(=O)O. The number of benzene rings is 1. The summed E-state index contributed by atoms with van der Waals surface area (Å²) in [6.45, 7) is 3.69. The number of amides is 3. The number of aromatic nitrogens is 1. The van der Waals surface area contributed by atoms with Gasteiger partial charge in [-0.3, -0.25) is 19.2 Å². The van der Waals surface area contributed by atoms with Gasteiger partial charge in [0.15, 0.2) is 0 Å². The lowest BCUT2D eigenvalue weighted by Gasteiger charge is -2.25. The molecule has 2 rings (SSSR count). The van der Waals surface area contributed by atoms with Gasteiger partial charge in [-0.05, 0) is 36.0 Å². The monoisotopic (exact) mass is 563 g/mol. The van der Waals surface area contributed by atoms with E-state index in [0.29, 0.717) is 17.7 Å². The van der Waals surface area contributed by atoms with E-state index in [9.17, 15) is 34.2 Å². The van der Waals surface area contributed by atoms with Gasteiger partial charge in [-0.15, -0.1) is 0 Å². The Balaban J connectivity index is 2.31. The molecule has 1 aromatic carbocycles. The quantitative estimate of drug-likeness (QED) is 0.154. The smallest absolute Gasteiger partial charge is 0.326 e. The van der Waals surface area contributed by atoms with Crippen LogP contribution in [0.4, 0.5) is 0 Å². The van der Waals surface area contributed by atoms with E-state index in [1.807, 2.05) is 38.1 Å². The molecule has 3 amide bonds. The number of carbonyl (C=O) groups is 5. The molecule has 0 bridgehead atoms. The van der Waals surface area contributed by atoms with E-state index < -0.39 is 60.2 Å². The van der Waals surface area contributed by atoms with Crippen molar-refractivity contribution in [1.29, 1.82) is 0 Å². The molecular formula is C26H37N5O7S. The first-order valence-electron chi connectivity index (χ1n) is 12.6. The predicted octanol–water partition coefficient (Wildman–Crippen LogP) is 0.851. The van der Waals surface area contributed by atoms with Gasteiger partial charge in [0.05, 0.1) is 12.5 Å². The van der Waals surface area contributed by atoms with Crippen molar-refractivity contribution in [3.8, 4) is 0 Å². The fourth-order valence-corrected chi connectivity index (χ4v) is 4.40. The van der Waals surface area contributed by atoms with Gasteiger partial charge in [0.1, 0.15) is 18.1 Å². The van der Waals surface area contributed by atoms with Gasteiger partial charge in [-0.25, -0.2) is 4.79 Å². The van der Waals surface area contributed by atoms with Gasteiger partial charge in [-0.1, -0.05) is 38.5 Å². The minimum absolute atomic E-state index is 0.0295. The number of hydrogen-bond acceptors (Lipinski definition) is 7. The van der Waals surface area contributed by atoms with Crippen LogP contribution in [-0.2, 0) is 30.4 Å². The summed E-state index contributed by atoms with van der Waals surface area (Å²) in [6, 6.07) is 2.47. The lowest BCUT2D eigenvalue weighted by Crippen LogP contribution is -2.58. The van der Waals surface area contributed by atoms with E-state index in [1.165, 1.54) is 11.8 Å². The summed E-state index contributed by atoms with van der Waals surface area (Å²) in [5.74, 6) is -4.69. The second kappa shape index (κ2) is 15.1. The van der Waals surface area contributed by atoms with E-state index in [-0.39, 0.29) is 18.8 Å². The second-order valence-electron chi connectivity index (χ2n) is 9.38. The molecule has 13 heteroatoms. The molecule has 0 radical (unpaired) electrons. The highest BCUT2D eigenvalue weighted by molar-refractivity contribution is 7.98. The van der Waals surface area contributed by atoms with Crippen molar-refractivity contribution < 1.29 is 34.2 Å². The maximum Gasteiger partial charge on any atom is 0.326 e. The first-order valence-corrected chi connectivity index (χ1v) is 14.0. The lowest BCUT2D eigenvalue weighted by molar-refractivity contribution is -0.143. The number of thioether (sulfide) groups is 1. The highest BCUT2D eigenvalue weighted by Gasteiger charge is 2.32. The maximum absolute atomic E-state index is 13.4. The zero-order valence-corrected chi connectivity index (χ0v) is 23.0. The van der Waals surface area contributed by atoms with E-state index in [2.05, 4.69) is 20.9 Å². The number of para-hydroxylation sites is 1. The molecule has 214 valence electrons. The van der Waals surface area contributed by atoms with Crippen molar-refractivity contribution in [2.75, 3.05) is 12.0 Å². The van der Waals surface area contributed by atoms with Gasteiger partial charge in [0.2, 0.25) is 17.7 Å². The average Bonchev–Trinajstić information content (AvgIpc) is 3.31. The number of rotatable bonds is 16. The van der Waals surface area contributed by atoms with Crippen molar-refractivity contribution in [3.63, 3.8) is 0 Å². The van der Waals surface area contributed by atoms with Crippen LogP contribution in [0, 0.1) is 5.92 Å². The first-order chi connectivity index (χ1) is 18.5. The average molecular weight is 564 g/mol. The Bertz CT molecular complexity index is 1170. The van der Waals surface area contributed by atoms with E-state index in [1.54, 1.807) is 12.5 Å². The number of carboxylic acids is 2. The molecule has 0 saturated heterocycles. The van der Waals surface area contributed by atoms with Crippen molar-refractivity contribution in [1.82, 2.24) is 20.9 Å². The summed E-state index contributed by atoms with van der Waals surface area (Å²) in [7, 11) is 0. The Morgan fingerprint density at radius 3 is 2.21 bits per heavy atom. The third-order valence-corrected chi connectivity index (χ3v) is 7.17. The lowest BCUT2D eigenvalue weighted by atomic mass is 9.98. The zero-order valence-electron chi connectivity index (χ0n) is 22.2. The molecule has 5 atom stereocenters. The molecule has 0 fully saturated rings. The first kappa shape index (κ1) is 31.6. The van der Waals surface area contributed by atoms with E-state index in [0.717, 1.165) is 10.9 Å². The predicted molar refractivity (Wildman–Crippen MR) is 148 cm³/mol. The fraction of sp³-hybridized carbons (Fsp3) is 0.500. The third kappa shape index (κ3) is 9.29. The Kier molecular flexibility index (Phi) is 12.3. The highest BCUT2D eigenvalue weighted by atomic mass is 32.2.